The third-order valence-electron chi connectivity index (χ3n) is 4.05. The molecule has 1 rings (SSSR count). The lowest BCUT2D eigenvalue weighted by Crippen LogP contribution is -2.39. The number of sulfone groups is 1. The number of aliphatic hydroxyl groups is 1. The van der Waals surface area contributed by atoms with Crippen molar-refractivity contribution in [1.82, 2.24) is 10.6 Å². The average molecular weight is 384 g/mol. The molecule has 6 nitrogen and oxygen atoms in total. The first-order chi connectivity index (χ1) is 12.1. The predicted octanol–water partition coefficient (Wildman–Crippen LogP) is 2.13. The zero-order valence-corrected chi connectivity index (χ0v) is 17.1. The maximum absolute atomic E-state index is 11.4. The molecule has 1 unspecified atom stereocenters. The highest BCUT2D eigenvalue weighted by atomic mass is 32.2. The van der Waals surface area contributed by atoms with Gasteiger partial charge in [-0.2, -0.15) is 0 Å². The van der Waals surface area contributed by atoms with Crippen LogP contribution in [-0.2, 0) is 9.84 Å². The topological polar surface area (TPSA) is 90.8 Å². The van der Waals surface area contributed by atoms with Crippen molar-refractivity contribution in [2.75, 3.05) is 31.6 Å². The van der Waals surface area contributed by atoms with Gasteiger partial charge in [0, 0.05) is 25.9 Å². The second-order valence-electron chi connectivity index (χ2n) is 7.38. The van der Waals surface area contributed by atoms with E-state index in [2.05, 4.69) is 15.6 Å². The second kappa shape index (κ2) is 10.5. The second-order valence-corrected chi connectivity index (χ2v) is 9.64. The van der Waals surface area contributed by atoms with E-state index in [-0.39, 0.29) is 11.2 Å². The predicted molar refractivity (Wildman–Crippen MR) is 108 cm³/mol. The number of guanidine groups is 1. The molecule has 7 heteroatoms. The summed E-state index contributed by atoms with van der Waals surface area (Å²) in [6.07, 6.45) is 1.89. The molecule has 0 heterocycles. The molecule has 0 fully saturated rings. The lowest BCUT2D eigenvalue weighted by atomic mass is 9.90. The van der Waals surface area contributed by atoms with Crippen molar-refractivity contribution in [3.63, 3.8) is 0 Å². The smallest absolute Gasteiger partial charge is 0.191 e. The van der Waals surface area contributed by atoms with Gasteiger partial charge in [-0.15, -0.1) is 0 Å². The number of nitrogens with one attached hydrogen (secondary N) is 2. The fraction of sp³-hybridized carbons (Fsp3) is 0.632. The van der Waals surface area contributed by atoms with E-state index < -0.39 is 15.9 Å². The molecular weight excluding hydrogens is 350 g/mol. The summed E-state index contributed by atoms with van der Waals surface area (Å²) in [5.74, 6) is 0.850. The van der Waals surface area contributed by atoms with Gasteiger partial charge in [-0.25, -0.2) is 8.42 Å². The Labute approximate surface area is 158 Å². The summed E-state index contributed by atoms with van der Waals surface area (Å²) in [5, 5.41) is 16.6. The first kappa shape index (κ1) is 22.4. The van der Waals surface area contributed by atoms with E-state index in [0.29, 0.717) is 31.9 Å². The summed E-state index contributed by atoms with van der Waals surface area (Å²) < 4.78 is 22.7. The van der Waals surface area contributed by atoms with Gasteiger partial charge in [-0.05, 0) is 30.7 Å². The molecule has 148 valence electrons. The number of nitrogens with zero attached hydrogens (tertiary/aromatic N) is 1. The van der Waals surface area contributed by atoms with Crippen LogP contribution >= 0.6 is 0 Å². The Morgan fingerprint density at radius 2 is 1.88 bits per heavy atom. The quantitative estimate of drug-likeness (QED) is 0.425. The van der Waals surface area contributed by atoms with E-state index in [1.54, 1.807) is 0 Å². The summed E-state index contributed by atoms with van der Waals surface area (Å²) >= 11 is 0. The zero-order chi connectivity index (χ0) is 19.6. The summed E-state index contributed by atoms with van der Waals surface area (Å²) in [4.78, 5) is 4.57. The molecule has 0 saturated carbocycles. The van der Waals surface area contributed by atoms with Crippen molar-refractivity contribution in [1.29, 1.82) is 0 Å². The SMILES string of the molecule is CCNC(=NCC(C)(C)CCS(C)(=O)=O)NCCC(O)c1ccccc1. The minimum Gasteiger partial charge on any atom is -0.388 e. The van der Waals surface area contributed by atoms with E-state index in [1.165, 1.54) is 6.26 Å². The molecule has 0 amide bonds. The van der Waals surface area contributed by atoms with E-state index in [9.17, 15) is 13.5 Å². The monoisotopic (exact) mass is 383 g/mol. The van der Waals surface area contributed by atoms with E-state index in [0.717, 1.165) is 12.1 Å². The van der Waals surface area contributed by atoms with Gasteiger partial charge < -0.3 is 15.7 Å². The molecule has 0 spiro atoms. The standard InChI is InChI=1S/C19H33N3O3S/c1-5-20-18(22-15-19(2,3)12-14-26(4,24)25)21-13-11-17(23)16-9-7-6-8-10-16/h6-10,17,23H,5,11-15H2,1-4H3,(H2,20,21,22). The van der Waals surface area contributed by atoms with E-state index in [1.807, 2.05) is 51.1 Å². The molecule has 0 radical (unpaired) electrons. The van der Waals surface area contributed by atoms with Crippen LogP contribution in [0.5, 0.6) is 0 Å². The van der Waals surface area contributed by atoms with Crippen molar-refractivity contribution < 1.29 is 13.5 Å². The molecule has 0 aromatic heterocycles. The van der Waals surface area contributed by atoms with Crippen molar-refractivity contribution >= 4 is 15.8 Å². The molecular formula is C19H33N3O3S. The van der Waals surface area contributed by atoms with E-state index in [4.69, 9.17) is 0 Å². The fourth-order valence-electron chi connectivity index (χ4n) is 2.34. The van der Waals surface area contributed by atoms with Gasteiger partial charge in [0.2, 0.25) is 0 Å². The van der Waals surface area contributed by atoms with Crippen LogP contribution in [0.2, 0.25) is 0 Å². The van der Waals surface area contributed by atoms with Crippen LogP contribution in [0.1, 0.15) is 45.3 Å². The molecule has 1 aromatic rings. The van der Waals surface area contributed by atoms with Gasteiger partial charge in [0.05, 0.1) is 11.9 Å². The van der Waals surface area contributed by atoms with Crippen LogP contribution in [0, 0.1) is 5.41 Å². The Morgan fingerprint density at radius 1 is 1.23 bits per heavy atom. The Kier molecular flexibility index (Phi) is 9.08. The number of rotatable bonds is 10. The number of aliphatic imine (C=N–C) groups is 1. The first-order valence-electron chi connectivity index (χ1n) is 9.06. The number of hydrogen-bond donors (Lipinski definition) is 3. The summed E-state index contributed by atoms with van der Waals surface area (Å²) in [5.41, 5.74) is 0.702. The van der Waals surface area contributed by atoms with Gasteiger partial charge in [-0.1, -0.05) is 44.2 Å². The normalized spacial score (nSPS) is 14.1. The molecule has 1 atom stereocenters. The van der Waals surface area contributed by atoms with Crippen molar-refractivity contribution in [3.8, 4) is 0 Å². The number of benzene rings is 1. The van der Waals surface area contributed by atoms with Crippen LogP contribution in [0.25, 0.3) is 0 Å². The lowest BCUT2D eigenvalue weighted by Gasteiger charge is -2.23. The molecule has 3 N–H and O–H groups in total. The van der Waals surface area contributed by atoms with Gasteiger partial charge >= 0.3 is 0 Å². The third kappa shape index (κ3) is 9.77. The van der Waals surface area contributed by atoms with Crippen LogP contribution in [0.4, 0.5) is 0 Å². The highest BCUT2D eigenvalue weighted by Crippen LogP contribution is 2.21. The maximum Gasteiger partial charge on any atom is 0.191 e. The maximum atomic E-state index is 11.4. The van der Waals surface area contributed by atoms with Crippen molar-refractivity contribution in [2.45, 2.75) is 39.7 Å². The Morgan fingerprint density at radius 3 is 2.46 bits per heavy atom. The zero-order valence-electron chi connectivity index (χ0n) is 16.3. The van der Waals surface area contributed by atoms with Gasteiger partial charge in [0.25, 0.3) is 0 Å². The van der Waals surface area contributed by atoms with Crippen molar-refractivity contribution in [2.24, 2.45) is 10.4 Å². The Hall–Kier alpha value is -1.60. The summed E-state index contributed by atoms with van der Waals surface area (Å²) in [6.45, 7) is 7.88. The highest BCUT2D eigenvalue weighted by Gasteiger charge is 2.20. The molecule has 1 aromatic carbocycles. The van der Waals surface area contributed by atoms with Crippen LogP contribution in [-0.4, -0.2) is 51.1 Å². The fourth-order valence-corrected chi connectivity index (χ4v) is 3.27. The van der Waals surface area contributed by atoms with Gasteiger partial charge in [0.1, 0.15) is 9.84 Å². The van der Waals surface area contributed by atoms with Crippen LogP contribution < -0.4 is 10.6 Å². The first-order valence-corrected chi connectivity index (χ1v) is 11.1. The Bertz CT molecular complexity index is 658. The largest absolute Gasteiger partial charge is 0.388 e. The molecule has 0 aliphatic heterocycles. The Balaban J connectivity index is 2.52. The average Bonchev–Trinajstić information content (AvgIpc) is 2.58. The number of hydrogen-bond acceptors (Lipinski definition) is 4. The molecule has 26 heavy (non-hydrogen) atoms. The lowest BCUT2D eigenvalue weighted by molar-refractivity contribution is 0.168. The van der Waals surface area contributed by atoms with E-state index >= 15 is 0 Å². The number of aliphatic hydroxyl groups excluding tert-OH is 1. The highest BCUT2D eigenvalue weighted by molar-refractivity contribution is 7.90. The molecule has 0 saturated heterocycles. The summed E-state index contributed by atoms with van der Waals surface area (Å²) in [6, 6.07) is 9.57. The van der Waals surface area contributed by atoms with Crippen molar-refractivity contribution in [3.05, 3.63) is 35.9 Å². The van der Waals surface area contributed by atoms with Gasteiger partial charge in [-0.3, -0.25) is 4.99 Å². The van der Waals surface area contributed by atoms with Crippen LogP contribution in [0.15, 0.2) is 35.3 Å². The molecule has 0 bridgehead atoms. The third-order valence-corrected chi connectivity index (χ3v) is 5.00. The minimum absolute atomic E-state index is 0.169. The molecule has 0 aliphatic rings. The minimum atomic E-state index is -2.96. The molecule has 0 aliphatic carbocycles. The van der Waals surface area contributed by atoms with Gasteiger partial charge in [0.15, 0.2) is 5.96 Å². The summed E-state index contributed by atoms with van der Waals surface area (Å²) in [7, 11) is -2.96. The van der Waals surface area contributed by atoms with Crippen LogP contribution in [0.3, 0.4) is 0 Å².